The zero-order valence-electron chi connectivity index (χ0n) is 10.7. The van der Waals surface area contributed by atoms with Crippen LogP contribution < -0.4 is 10.1 Å². The molecule has 0 bridgehead atoms. The van der Waals surface area contributed by atoms with Gasteiger partial charge in [0.15, 0.2) is 0 Å². The van der Waals surface area contributed by atoms with Crippen molar-refractivity contribution < 1.29 is 4.74 Å². The maximum absolute atomic E-state index is 6.03. The summed E-state index contributed by atoms with van der Waals surface area (Å²) in [4.78, 5) is 1.22. The Kier molecular flexibility index (Phi) is 5.28. The van der Waals surface area contributed by atoms with Gasteiger partial charge in [0.1, 0.15) is 10.1 Å². The van der Waals surface area contributed by atoms with Gasteiger partial charge in [-0.3, -0.25) is 0 Å². The molecule has 2 rings (SSSR count). The van der Waals surface area contributed by atoms with Crippen LogP contribution in [0.4, 0.5) is 0 Å². The molecule has 0 fully saturated rings. The Morgan fingerprint density at radius 1 is 1.37 bits per heavy atom. The van der Waals surface area contributed by atoms with Crippen molar-refractivity contribution in [3.63, 3.8) is 0 Å². The summed E-state index contributed by atoms with van der Waals surface area (Å²) in [6.07, 6.45) is 0. The highest BCUT2D eigenvalue weighted by atomic mass is 79.9. The molecule has 0 aliphatic heterocycles. The number of benzene rings is 1. The van der Waals surface area contributed by atoms with Crippen LogP contribution in [0.5, 0.6) is 5.75 Å². The van der Waals surface area contributed by atoms with E-state index in [1.54, 1.807) is 18.4 Å². The highest BCUT2D eigenvalue weighted by Crippen LogP contribution is 2.32. The summed E-state index contributed by atoms with van der Waals surface area (Å²) in [5.41, 5.74) is 1.24. The molecule has 1 N–H and O–H groups in total. The van der Waals surface area contributed by atoms with Crippen LogP contribution >= 0.6 is 38.9 Å². The van der Waals surface area contributed by atoms with Crippen molar-refractivity contribution >= 4 is 38.9 Å². The van der Waals surface area contributed by atoms with Crippen LogP contribution in [-0.4, -0.2) is 7.11 Å². The van der Waals surface area contributed by atoms with Gasteiger partial charge in [0.05, 0.1) is 7.11 Å². The monoisotopic (exact) mass is 359 g/mol. The molecule has 2 nitrogen and oxygen atoms in total. The van der Waals surface area contributed by atoms with Gasteiger partial charge in [0, 0.05) is 21.9 Å². The number of hydrogen-bond acceptors (Lipinski definition) is 3. The van der Waals surface area contributed by atoms with Crippen LogP contribution in [0.1, 0.15) is 23.4 Å². The van der Waals surface area contributed by atoms with Gasteiger partial charge >= 0.3 is 0 Å². The van der Waals surface area contributed by atoms with Crippen molar-refractivity contribution in [1.29, 1.82) is 0 Å². The summed E-state index contributed by atoms with van der Waals surface area (Å²) in [5.74, 6) is 0.880. The molecule has 1 heterocycles. The number of nitrogens with one attached hydrogen (secondary N) is 1. The van der Waals surface area contributed by atoms with E-state index in [1.165, 1.54) is 10.4 Å². The highest BCUT2D eigenvalue weighted by Gasteiger charge is 2.08. The standard InChI is InChI=1S/C14H15BrClNOS/c1-9(10-3-5-11(18-2)6-4-10)17-8-12-7-13(15)14(16)19-12/h3-7,9,17H,8H2,1-2H3/t9-/m1/s1. The number of methoxy groups -OCH3 is 1. The number of thiophene rings is 1. The number of rotatable bonds is 5. The summed E-state index contributed by atoms with van der Waals surface area (Å²) >= 11 is 11.0. The Morgan fingerprint density at radius 2 is 2.05 bits per heavy atom. The van der Waals surface area contributed by atoms with E-state index in [2.05, 4.69) is 46.4 Å². The van der Waals surface area contributed by atoms with E-state index >= 15 is 0 Å². The van der Waals surface area contributed by atoms with Crippen LogP contribution in [0.15, 0.2) is 34.8 Å². The van der Waals surface area contributed by atoms with E-state index in [4.69, 9.17) is 16.3 Å². The first-order chi connectivity index (χ1) is 9.10. The van der Waals surface area contributed by atoms with E-state index in [0.29, 0.717) is 0 Å². The fourth-order valence-electron chi connectivity index (χ4n) is 1.74. The second kappa shape index (κ2) is 6.75. The second-order valence-electron chi connectivity index (χ2n) is 4.21. The molecule has 0 amide bonds. The lowest BCUT2D eigenvalue weighted by Gasteiger charge is -2.14. The molecule has 0 spiro atoms. The smallest absolute Gasteiger partial charge is 0.118 e. The molecular weight excluding hydrogens is 346 g/mol. The summed E-state index contributed by atoms with van der Waals surface area (Å²) in [6, 6.07) is 10.5. The molecule has 102 valence electrons. The van der Waals surface area contributed by atoms with Gasteiger partial charge in [-0.15, -0.1) is 11.3 Å². The molecule has 0 aliphatic carbocycles. The summed E-state index contributed by atoms with van der Waals surface area (Å²) in [6.45, 7) is 2.95. The first kappa shape index (κ1) is 14.9. The number of ether oxygens (including phenoxy) is 1. The second-order valence-corrected chi connectivity index (χ2v) is 6.80. The third kappa shape index (κ3) is 3.96. The predicted molar refractivity (Wildman–Crippen MR) is 85.3 cm³/mol. The molecule has 1 atom stereocenters. The van der Waals surface area contributed by atoms with Crippen LogP contribution in [0.3, 0.4) is 0 Å². The molecule has 0 unspecified atom stereocenters. The van der Waals surface area contributed by atoms with Gasteiger partial charge in [-0.05, 0) is 46.6 Å². The lowest BCUT2D eigenvalue weighted by Crippen LogP contribution is -2.17. The molecular formula is C14H15BrClNOS. The topological polar surface area (TPSA) is 21.3 Å². The minimum atomic E-state index is 0.283. The van der Waals surface area contributed by atoms with Gasteiger partial charge in [-0.25, -0.2) is 0 Å². The van der Waals surface area contributed by atoms with Gasteiger partial charge in [0.25, 0.3) is 0 Å². The van der Waals surface area contributed by atoms with Gasteiger partial charge in [0.2, 0.25) is 0 Å². The summed E-state index contributed by atoms with van der Waals surface area (Å²) < 4.78 is 6.92. The van der Waals surface area contributed by atoms with Crippen LogP contribution in [0.25, 0.3) is 0 Å². The molecule has 0 radical (unpaired) electrons. The SMILES string of the molecule is COc1ccc([C@@H](C)NCc2cc(Br)c(Cl)s2)cc1. The quantitative estimate of drug-likeness (QED) is 0.808. The highest BCUT2D eigenvalue weighted by molar-refractivity contribution is 9.10. The maximum atomic E-state index is 6.03. The normalized spacial score (nSPS) is 12.4. The molecule has 1 aromatic heterocycles. The Morgan fingerprint density at radius 3 is 2.58 bits per heavy atom. The molecule has 0 saturated carbocycles. The Hall–Kier alpha value is -0.550. The molecule has 0 aliphatic rings. The van der Waals surface area contributed by atoms with Crippen molar-refractivity contribution in [3.05, 3.63) is 49.6 Å². The van der Waals surface area contributed by atoms with E-state index in [0.717, 1.165) is 21.1 Å². The van der Waals surface area contributed by atoms with Gasteiger partial charge < -0.3 is 10.1 Å². The van der Waals surface area contributed by atoms with Crippen molar-refractivity contribution in [1.82, 2.24) is 5.32 Å². The van der Waals surface area contributed by atoms with Crippen molar-refractivity contribution in [3.8, 4) is 5.75 Å². The van der Waals surface area contributed by atoms with Gasteiger partial charge in [-0.1, -0.05) is 23.7 Å². The lowest BCUT2D eigenvalue weighted by atomic mass is 10.1. The molecule has 5 heteroatoms. The fraction of sp³-hybridized carbons (Fsp3) is 0.286. The zero-order chi connectivity index (χ0) is 13.8. The fourth-order valence-corrected chi connectivity index (χ4v) is 3.48. The van der Waals surface area contributed by atoms with Crippen LogP contribution in [0.2, 0.25) is 4.34 Å². The molecule has 1 aromatic carbocycles. The summed E-state index contributed by atoms with van der Waals surface area (Å²) in [5, 5.41) is 3.48. The first-order valence-corrected chi connectivity index (χ1v) is 7.90. The molecule has 0 saturated heterocycles. The predicted octanol–water partition coefficient (Wildman–Crippen LogP) is 5.02. The van der Waals surface area contributed by atoms with Crippen molar-refractivity contribution in [2.24, 2.45) is 0 Å². The van der Waals surface area contributed by atoms with Crippen LogP contribution in [0, 0.1) is 0 Å². The molecule has 2 aromatic rings. The average molecular weight is 361 g/mol. The van der Waals surface area contributed by atoms with Gasteiger partial charge in [-0.2, -0.15) is 0 Å². The maximum Gasteiger partial charge on any atom is 0.118 e. The lowest BCUT2D eigenvalue weighted by molar-refractivity contribution is 0.414. The van der Waals surface area contributed by atoms with E-state index in [9.17, 15) is 0 Å². The largest absolute Gasteiger partial charge is 0.497 e. The third-order valence-corrected chi connectivity index (χ3v) is 5.37. The van der Waals surface area contributed by atoms with Crippen LogP contribution in [-0.2, 0) is 6.54 Å². The van der Waals surface area contributed by atoms with Crippen molar-refractivity contribution in [2.75, 3.05) is 7.11 Å². The zero-order valence-corrected chi connectivity index (χ0v) is 13.9. The molecule has 19 heavy (non-hydrogen) atoms. The average Bonchev–Trinajstić information content (AvgIpc) is 2.75. The Bertz CT molecular complexity index is 521. The minimum Gasteiger partial charge on any atom is -0.497 e. The number of halogens is 2. The van der Waals surface area contributed by atoms with Crippen molar-refractivity contribution in [2.45, 2.75) is 19.5 Å². The van der Waals surface area contributed by atoms with E-state index in [1.807, 2.05) is 12.1 Å². The van der Waals surface area contributed by atoms with E-state index in [-0.39, 0.29) is 6.04 Å². The van der Waals surface area contributed by atoms with E-state index < -0.39 is 0 Å². The summed E-state index contributed by atoms with van der Waals surface area (Å²) in [7, 11) is 1.68. The minimum absolute atomic E-state index is 0.283. The first-order valence-electron chi connectivity index (χ1n) is 5.91. The Balaban J connectivity index is 1.94. The third-order valence-electron chi connectivity index (χ3n) is 2.89. The number of hydrogen-bond donors (Lipinski definition) is 1. The Labute approximate surface area is 130 Å².